The molecule has 0 bridgehead atoms. The fraction of sp³-hybridized carbons (Fsp3) is 0.625. The minimum atomic E-state index is -0.378. The van der Waals surface area contributed by atoms with E-state index in [4.69, 9.17) is 5.84 Å². The van der Waals surface area contributed by atoms with Crippen molar-refractivity contribution in [1.29, 1.82) is 0 Å². The fourth-order valence-corrected chi connectivity index (χ4v) is 0.610. The van der Waals surface area contributed by atoms with E-state index in [-0.39, 0.29) is 18.4 Å². The van der Waals surface area contributed by atoms with Crippen molar-refractivity contribution in [3.63, 3.8) is 0 Å². The molecule has 0 rings (SSSR count). The third-order valence-electron chi connectivity index (χ3n) is 1.41. The number of esters is 1. The van der Waals surface area contributed by atoms with Gasteiger partial charge in [-0.25, -0.2) is 0 Å². The molecule has 5 nitrogen and oxygen atoms in total. The zero-order valence-corrected chi connectivity index (χ0v) is 8.15. The highest BCUT2D eigenvalue weighted by Gasteiger charge is 2.01. The van der Waals surface area contributed by atoms with Gasteiger partial charge in [-0.1, -0.05) is 13.8 Å². The SMILES string of the molecule is COC(=O)CN=CC(=NN)C(C)C. The predicted octanol–water partition coefficient (Wildman–Crippen LogP) is 0.201. The van der Waals surface area contributed by atoms with Crippen LogP contribution in [0.15, 0.2) is 10.1 Å². The summed E-state index contributed by atoms with van der Waals surface area (Å²) in [6.45, 7) is 3.88. The molecule has 0 heterocycles. The summed E-state index contributed by atoms with van der Waals surface area (Å²) in [7, 11) is 1.32. The van der Waals surface area contributed by atoms with Crippen LogP contribution >= 0.6 is 0 Å². The number of hydrogen-bond donors (Lipinski definition) is 1. The summed E-state index contributed by atoms with van der Waals surface area (Å²) < 4.78 is 4.40. The van der Waals surface area contributed by atoms with E-state index >= 15 is 0 Å². The van der Waals surface area contributed by atoms with Crippen LogP contribution in [0.1, 0.15) is 13.8 Å². The van der Waals surface area contributed by atoms with E-state index in [1.807, 2.05) is 13.8 Å². The minimum Gasteiger partial charge on any atom is -0.468 e. The number of hydrogen-bond acceptors (Lipinski definition) is 5. The molecular weight excluding hydrogens is 170 g/mol. The van der Waals surface area contributed by atoms with Gasteiger partial charge in [-0.15, -0.1) is 0 Å². The number of methoxy groups -OCH3 is 1. The Balaban J connectivity index is 4.03. The van der Waals surface area contributed by atoms with Gasteiger partial charge in [-0.2, -0.15) is 5.10 Å². The Kier molecular flexibility index (Phi) is 5.50. The van der Waals surface area contributed by atoms with Crippen LogP contribution in [0.3, 0.4) is 0 Å². The van der Waals surface area contributed by atoms with Crippen molar-refractivity contribution in [3.8, 4) is 0 Å². The Labute approximate surface area is 77.7 Å². The minimum absolute atomic E-state index is 0.00222. The van der Waals surface area contributed by atoms with Gasteiger partial charge in [-0.05, 0) is 5.92 Å². The van der Waals surface area contributed by atoms with Crippen LogP contribution in [-0.4, -0.2) is 31.6 Å². The van der Waals surface area contributed by atoms with Crippen molar-refractivity contribution >= 4 is 17.9 Å². The third-order valence-corrected chi connectivity index (χ3v) is 1.41. The molecule has 0 saturated heterocycles. The summed E-state index contributed by atoms with van der Waals surface area (Å²) >= 11 is 0. The van der Waals surface area contributed by atoms with Crippen LogP contribution in [0, 0.1) is 5.92 Å². The Hall–Kier alpha value is -1.39. The van der Waals surface area contributed by atoms with Crippen LogP contribution < -0.4 is 5.84 Å². The molecule has 0 atom stereocenters. The Morgan fingerprint density at radius 1 is 1.62 bits per heavy atom. The lowest BCUT2D eigenvalue weighted by atomic mass is 10.1. The van der Waals surface area contributed by atoms with E-state index < -0.39 is 0 Å². The van der Waals surface area contributed by atoms with Crippen LogP contribution in [0.5, 0.6) is 0 Å². The Bertz CT molecular complexity index is 221. The Morgan fingerprint density at radius 3 is 2.62 bits per heavy atom. The van der Waals surface area contributed by atoms with Crippen molar-refractivity contribution in [2.24, 2.45) is 21.9 Å². The number of hydrazone groups is 1. The number of ether oxygens (including phenoxy) is 1. The maximum absolute atomic E-state index is 10.6. The zero-order valence-electron chi connectivity index (χ0n) is 8.15. The summed E-state index contributed by atoms with van der Waals surface area (Å²) in [5, 5.41) is 3.53. The first kappa shape index (κ1) is 11.6. The molecule has 0 aliphatic heterocycles. The highest BCUT2D eigenvalue weighted by atomic mass is 16.5. The largest absolute Gasteiger partial charge is 0.468 e. The van der Waals surface area contributed by atoms with Crippen LogP contribution in [-0.2, 0) is 9.53 Å². The van der Waals surface area contributed by atoms with Gasteiger partial charge >= 0.3 is 5.97 Å². The summed E-state index contributed by atoms with van der Waals surface area (Å²) in [6, 6.07) is 0. The predicted molar refractivity (Wildman–Crippen MR) is 51.8 cm³/mol. The molecule has 5 heteroatoms. The monoisotopic (exact) mass is 185 g/mol. The highest BCUT2D eigenvalue weighted by molar-refractivity contribution is 6.31. The number of nitrogens with two attached hydrogens (primary N) is 1. The lowest BCUT2D eigenvalue weighted by molar-refractivity contribution is -0.138. The molecule has 2 N–H and O–H groups in total. The molecule has 0 aliphatic carbocycles. The van der Waals surface area contributed by atoms with Gasteiger partial charge in [0.05, 0.1) is 12.8 Å². The number of carbonyl (C=O) groups is 1. The van der Waals surface area contributed by atoms with Gasteiger partial charge in [0, 0.05) is 6.21 Å². The molecule has 0 aromatic rings. The number of rotatable bonds is 4. The molecule has 0 aromatic heterocycles. The van der Waals surface area contributed by atoms with E-state index in [1.165, 1.54) is 13.3 Å². The van der Waals surface area contributed by atoms with Crippen molar-refractivity contribution in [3.05, 3.63) is 0 Å². The zero-order chi connectivity index (χ0) is 10.3. The first-order valence-electron chi connectivity index (χ1n) is 3.96. The second-order valence-corrected chi connectivity index (χ2v) is 2.75. The maximum atomic E-state index is 10.6. The van der Waals surface area contributed by atoms with Gasteiger partial charge in [0.25, 0.3) is 0 Å². The molecule has 0 aliphatic rings. The average Bonchev–Trinajstić information content (AvgIpc) is 2.11. The molecule has 0 unspecified atom stereocenters. The molecule has 13 heavy (non-hydrogen) atoms. The van der Waals surface area contributed by atoms with Crippen molar-refractivity contribution in [1.82, 2.24) is 0 Å². The quantitative estimate of drug-likeness (QED) is 0.294. The van der Waals surface area contributed by atoms with E-state index in [9.17, 15) is 4.79 Å². The van der Waals surface area contributed by atoms with E-state index in [0.29, 0.717) is 5.71 Å². The molecule has 0 spiro atoms. The second kappa shape index (κ2) is 6.16. The highest BCUT2D eigenvalue weighted by Crippen LogP contribution is 1.93. The number of aliphatic imine (C=N–C) groups is 1. The maximum Gasteiger partial charge on any atom is 0.327 e. The molecule has 74 valence electrons. The van der Waals surface area contributed by atoms with Crippen LogP contribution in [0.2, 0.25) is 0 Å². The first-order chi connectivity index (χ1) is 6.11. The van der Waals surface area contributed by atoms with E-state index in [0.717, 1.165) is 0 Å². The van der Waals surface area contributed by atoms with Crippen LogP contribution in [0.4, 0.5) is 0 Å². The molecule has 0 amide bonds. The summed E-state index contributed by atoms with van der Waals surface area (Å²) in [5.41, 5.74) is 0.656. The van der Waals surface area contributed by atoms with Gasteiger partial charge in [-0.3, -0.25) is 9.79 Å². The van der Waals surface area contributed by atoms with Gasteiger partial charge in [0.1, 0.15) is 6.54 Å². The molecule has 0 saturated carbocycles. The standard InChI is InChI=1S/C8H15N3O2/c1-6(2)7(11-9)4-10-5-8(12)13-3/h4,6H,5,9H2,1-3H3. The topological polar surface area (TPSA) is 77.0 Å². The van der Waals surface area contributed by atoms with Gasteiger partial charge < -0.3 is 10.6 Å². The smallest absolute Gasteiger partial charge is 0.327 e. The number of carbonyl (C=O) groups excluding carboxylic acids is 1. The molecule has 0 aromatic carbocycles. The lowest BCUT2D eigenvalue weighted by Crippen LogP contribution is -2.13. The molecule has 0 radical (unpaired) electrons. The second-order valence-electron chi connectivity index (χ2n) is 2.75. The lowest BCUT2D eigenvalue weighted by Gasteiger charge is -2.01. The molecular formula is C8H15N3O2. The summed E-state index contributed by atoms with van der Waals surface area (Å²) in [5.74, 6) is 4.93. The van der Waals surface area contributed by atoms with E-state index in [1.54, 1.807) is 0 Å². The van der Waals surface area contributed by atoms with Crippen molar-refractivity contribution in [2.75, 3.05) is 13.7 Å². The van der Waals surface area contributed by atoms with Crippen molar-refractivity contribution in [2.45, 2.75) is 13.8 Å². The van der Waals surface area contributed by atoms with Gasteiger partial charge in [0.2, 0.25) is 0 Å². The van der Waals surface area contributed by atoms with E-state index in [2.05, 4.69) is 14.8 Å². The molecule has 0 fully saturated rings. The first-order valence-corrected chi connectivity index (χ1v) is 3.96. The summed E-state index contributed by atoms with van der Waals surface area (Å²) in [4.78, 5) is 14.5. The number of nitrogens with zero attached hydrogens (tertiary/aromatic N) is 2. The van der Waals surface area contributed by atoms with Gasteiger partial charge in [0.15, 0.2) is 0 Å². The fourth-order valence-electron chi connectivity index (χ4n) is 0.610. The third kappa shape index (κ3) is 4.95. The summed E-state index contributed by atoms with van der Waals surface area (Å²) in [6.07, 6.45) is 1.49. The normalized spacial score (nSPS) is 12.5. The average molecular weight is 185 g/mol. The van der Waals surface area contributed by atoms with Crippen LogP contribution in [0.25, 0.3) is 0 Å². The Morgan fingerprint density at radius 2 is 2.23 bits per heavy atom. The van der Waals surface area contributed by atoms with Crippen molar-refractivity contribution < 1.29 is 9.53 Å².